The van der Waals surface area contributed by atoms with E-state index in [1.807, 2.05) is 0 Å². The second kappa shape index (κ2) is 6.70. The lowest BCUT2D eigenvalue weighted by Gasteiger charge is -2.31. The molecule has 7 nitrogen and oxygen atoms in total. The molecule has 0 amide bonds. The molecule has 0 heterocycles. The van der Waals surface area contributed by atoms with Crippen molar-refractivity contribution >= 4 is 0 Å². The minimum Gasteiger partial charge on any atom is -0.452 e. The van der Waals surface area contributed by atoms with E-state index in [1.165, 1.54) is 6.26 Å². The minimum atomic E-state index is -1.91. The van der Waals surface area contributed by atoms with Crippen molar-refractivity contribution < 1.29 is 19.2 Å². The molecule has 0 aliphatic carbocycles. The highest BCUT2D eigenvalue weighted by Gasteiger charge is 2.34. The molecule has 17 heavy (non-hydrogen) atoms. The zero-order valence-electron chi connectivity index (χ0n) is 10.4. The van der Waals surface area contributed by atoms with Crippen molar-refractivity contribution in [2.24, 2.45) is 17.2 Å². The topological polar surface area (TPSA) is 115 Å². The Labute approximate surface area is 101 Å². The van der Waals surface area contributed by atoms with Crippen molar-refractivity contribution in [2.45, 2.75) is 32.7 Å². The second-order valence-electron chi connectivity index (χ2n) is 3.36. The average molecular weight is 247 g/mol. The maximum atomic E-state index is 5.74. The predicted molar refractivity (Wildman–Crippen MR) is 62.5 cm³/mol. The van der Waals surface area contributed by atoms with Crippen LogP contribution in [0.5, 0.6) is 0 Å². The summed E-state index contributed by atoms with van der Waals surface area (Å²) in [5, 5.41) is 0. The summed E-state index contributed by atoms with van der Waals surface area (Å²) in [6.45, 7) is 8.90. The largest absolute Gasteiger partial charge is 0.452 e. The number of hydrogen-bond acceptors (Lipinski definition) is 7. The molecular weight excluding hydrogens is 226 g/mol. The molecule has 0 spiro atoms. The van der Waals surface area contributed by atoms with Gasteiger partial charge in [0.05, 0.1) is 12.9 Å². The maximum Gasteiger partial charge on any atom is 0.319 e. The van der Waals surface area contributed by atoms with Crippen molar-refractivity contribution in [2.75, 3.05) is 6.61 Å². The van der Waals surface area contributed by atoms with Gasteiger partial charge < -0.3 is 9.47 Å². The Morgan fingerprint density at radius 2 is 1.88 bits per heavy atom. The first-order valence-corrected chi connectivity index (χ1v) is 5.09. The van der Waals surface area contributed by atoms with Crippen LogP contribution in [0.25, 0.3) is 0 Å². The van der Waals surface area contributed by atoms with Crippen LogP contribution in [-0.4, -0.2) is 18.6 Å². The quantitative estimate of drug-likeness (QED) is 0.185. The van der Waals surface area contributed by atoms with E-state index in [0.717, 1.165) is 0 Å². The zero-order chi connectivity index (χ0) is 13.5. The summed E-state index contributed by atoms with van der Waals surface area (Å²) in [4.78, 5) is 9.52. The van der Waals surface area contributed by atoms with Crippen LogP contribution < -0.4 is 17.2 Å². The molecule has 1 unspecified atom stereocenters. The molecule has 0 aliphatic heterocycles. The van der Waals surface area contributed by atoms with Gasteiger partial charge >= 0.3 is 11.9 Å². The molecule has 0 aromatic carbocycles. The van der Waals surface area contributed by atoms with E-state index in [0.29, 0.717) is 5.57 Å². The highest BCUT2D eigenvalue weighted by molar-refractivity contribution is 5.02. The monoisotopic (exact) mass is 247 g/mol. The Morgan fingerprint density at radius 1 is 1.29 bits per heavy atom. The number of nitrogens with two attached hydrogens (primary N) is 3. The van der Waals surface area contributed by atoms with E-state index in [1.54, 1.807) is 26.8 Å². The van der Waals surface area contributed by atoms with E-state index in [4.69, 9.17) is 31.6 Å². The fourth-order valence-electron chi connectivity index (χ4n) is 0.737. The van der Waals surface area contributed by atoms with Crippen molar-refractivity contribution in [3.05, 3.63) is 24.5 Å². The summed E-state index contributed by atoms with van der Waals surface area (Å²) in [6, 6.07) is -1.91. The van der Waals surface area contributed by atoms with Crippen LogP contribution in [0, 0.1) is 0 Å². The van der Waals surface area contributed by atoms with Gasteiger partial charge in [-0.3, -0.25) is 17.2 Å². The van der Waals surface area contributed by atoms with E-state index in [9.17, 15) is 0 Å². The minimum absolute atomic E-state index is 0.247. The lowest BCUT2D eigenvalue weighted by atomic mass is 10.3. The van der Waals surface area contributed by atoms with Gasteiger partial charge in [0.25, 0.3) is 0 Å². The second-order valence-corrected chi connectivity index (χ2v) is 3.36. The van der Waals surface area contributed by atoms with E-state index >= 15 is 0 Å². The molecular formula is C10H21N3O4. The van der Waals surface area contributed by atoms with Gasteiger partial charge in [0.15, 0.2) is 0 Å². The molecule has 0 rings (SSSR count). The van der Waals surface area contributed by atoms with E-state index < -0.39 is 11.9 Å². The molecule has 0 saturated carbocycles. The third kappa shape index (κ3) is 5.78. The lowest BCUT2D eigenvalue weighted by molar-refractivity contribution is -0.488. The van der Waals surface area contributed by atoms with Gasteiger partial charge in [-0.25, -0.2) is 0 Å². The van der Waals surface area contributed by atoms with Gasteiger partial charge in [0.1, 0.15) is 0 Å². The first-order chi connectivity index (χ1) is 7.77. The highest BCUT2D eigenvalue weighted by atomic mass is 17.3. The molecule has 0 bridgehead atoms. The number of allylic oxidation sites excluding steroid dienone is 1. The zero-order valence-corrected chi connectivity index (χ0v) is 10.4. The Balaban J connectivity index is 4.51. The van der Waals surface area contributed by atoms with Crippen LogP contribution in [-0.2, 0) is 19.2 Å². The Bertz CT molecular complexity index is 281. The molecule has 0 saturated heterocycles. The molecule has 0 radical (unpaired) electrons. The SMILES string of the molecule is C=C(C)C(N)(O/C=C/C)OOC(N)(N)OCC. The molecule has 0 aromatic rings. The van der Waals surface area contributed by atoms with Gasteiger partial charge in [-0.2, -0.15) is 9.78 Å². The number of rotatable bonds is 8. The third-order valence-corrected chi connectivity index (χ3v) is 1.64. The first kappa shape index (κ1) is 16.0. The van der Waals surface area contributed by atoms with Crippen molar-refractivity contribution in [3.63, 3.8) is 0 Å². The van der Waals surface area contributed by atoms with Gasteiger partial charge in [-0.15, -0.1) is 0 Å². The summed E-state index contributed by atoms with van der Waals surface area (Å²) in [5.41, 5.74) is 16.9. The summed E-state index contributed by atoms with van der Waals surface area (Å²) in [7, 11) is 0. The van der Waals surface area contributed by atoms with E-state index in [2.05, 4.69) is 11.5 Å². The lowest BCUT2D eigenvalue weighted by Crippen LogP contribution is -2.57. The molecule has 0 aromatic heterocycles. The summed E-state index contributed by atoms with van der Waals surface area (Å²) in [5.74, 6) is -1.69. The molecule has 0 aliphatic rings. The fraction of sp³-hybridized carbons (Fsp3) is 0.600. The van der Waals surface area contributed by atoms with E-state index in [-0.39, 0.29) is 6.61 Å². The van der Waals surface area contributed by atoms with Crippen LogP contribution in [0.1, 0.15) is 20.8 Å². The Kier molecular flexibility index (Phi) is 6.32. The average Bonchev–Trinajstić information content (AvgIpc) is 2.23. The fourth-order valence-corrected chi connectivity index (χ4v) is 0.737. The summed E-state index contributed by atoms with van der Waals surface area (Å²) in [6.07, 6.45) is 2.95. The smallest absolute Gasteiger partial charge is 0.319 e. The van der Waals surface area contributed by atoms with Gasteiger partial charge in [-0.05, 0) is 20.8 Å². The normalized spacial score (nSPS) is 15.9. The third-order valence-electron chi connectivity index (χ3n) is 1.64. The van der Waals surface area contributed by atoms with Gasteiger partial charge in [0.2, 0.25) is 0 Å². The first-order valence-electron chi connectivity index (χ1n) is 5.09. The maximum absolute atomic E-state index is 5.74. The molecule has 1 atom stereocenters. The van der Waals surface area contributed by atoms with Gasteiger partial charge in [0, 0.05) is 5.57 Å². The van der Waals surface area contributed by atoms with Crippen molar-refractivity contribution in [1.82, 2.24) is 0 Å². The molecule has 0 fully saturated rings. The Morgan fingerprint density at radius 3 is 2.29 bits per heavy atom. The predicted octanol–water partition coefficient (Wildman–Crippen LogP) is 0.239. The van der Waals surface area contributed by atoms with Crippen LogP contribution in [0.15, 0.2) is 24.5 Å². The highest BCUT2D eigenvalue weighted by Crippen LogP contribution is 2.18. The Hall–Kier alpha value is -0.960. The van der Waals surface area contributed by atoms with Crippen LogP contribution >= 0.6 is 0 Å². The van der Waals surface area contributed by atoms with Crippen LogP contribution in [0.3, 0.4) is 0 Å². The summed E-state index contributed by atoms with van der Waals surface area (Å²) >= 11 is 0. The van der Waals surface area contributed by atoms with Gasteiger partial charge in [-0.1, -0.05) is 12.7 Å². The number of hydrogen-bond donors (Lipinski definition) is 3. The van der Waals surface area contributed by atoms with Crippen molar-refractivity contribution in [1.29, 1.82) is 0 Å². The molecule has 6 N–H and O–H groups in total. The summed E-state index contributed by atoms with van der Waals surface area (Å²) < 4.78 is 9.96. The van der Waals surface area contributed by atoms with Crippen molar-refractivity contribution in [3.8, 4) is 0 Å². The van der Waals surface area contributed by atoms with Crippen LogP contribution in [0.2, 0.25) is 0 Å². The molecule has 7 heteroatoms. The standard InChI is InChI=1S/C10H21N3O4/c1-5-7-15-9(11,8(3)4)16-17-10(12,13)14-6-2/h5,7H,3,6,11-13H2,1-2,4H3/b7-5+. The molecule has 100 valence electrons. The number of ether oxygens (including phenoxy) is 2. The van der Waals surface area contributed by atoms with Crippen LogP contribution in [0.4, 0.5) is 0 Å².